The normalized spacial score (nSPS) is 13.3. The minimum atomic E-state index is -0.695. The maximum Gasteiger partial charge on any atom is 0.259 e. The summed E-state index contributed by atoms with van der Waals surface area (Å²) in [5, 5.41) is 5.47. The topological polar surface area (TPSA) is 69.7 Å². The second-order valence-electron chi connectivity index (χ2n) is 8.56. The molecule has 6 nitrogen and oxygen atoms in total. The third-order valence-corrected chi connectivity index (χ3v) is 6.95. The zero-order valence-corrected chi connectivity index (χ0v) is 21.2. The van der Waals surface area contributed by atoms with Crippen LogP contribution in [0.5, 0.6) is 0 Å². The molecule has 4 rings (SSSR count). The summed E-state index contributed by atoms with van der Waals surface area (Å²) in [7, 11) is 0. The van der Waals surface area contributed by atoms with Gasteiger partial charge in [-0.05, 0) is 48.1 Å². The highest BCUT2D eigenvalue weighted by Gasteiger charge is 2.35. The molecule has 1 atom stereocenters. The lowest BCUT2D eigenvalue weighted by Gasteiger charge is -2.32. The molecule has 0 aliphatic carbocycles. The van der Waals surface area contributed by atoms with Crippen molar-refractivity contribution in [3.63, 3.8) is 0 Å². The molecule has 182 valence electrons. The fourth-order valence-corrected chi connectivity index (χ4v) is 4.80. The number of rotatable bonds is 9. The molecule has 3 aromatic carbocycles. The van der Waals surface area contributed by atoms with Gasteiger partial charge >= 0.3 is 0 Å². The van der Waals surface area contributed by atoms with Crippen molar-refractivity contribution in [1.29, 1.82) is 0 Å². The van der Waals surface area contributed by atoms with Gasteiger partial charge in [0.25, 0.3) is 5.91 Å². The summed E-state index contributed by atoms with van der Waals surface area (Å²) in [4.78, 5) is 43.0. The molecule has 35 heavy (non-hydrogen) atoms. The van der Waals surface area contributed by atoms with Crippen LogP contribution >= 0.6 is 23.2 Å². The summed E-state index contributed by atoms with van der Waals surface area (Å²) < 4.78 is 0. The number of hydrogen-bond donors (Lipinski definition) is 1. The molecule has 0 fully saturated rings. The molecule has 0 saturated carbocycles. The Morgan fingerprint density at radius 3 is 2.46 bits per heavy atom. The number of carbonyl (C=O) groups excluding carboxylic acids is 3. The van der Waals surface area contributed by atoms with Crippen LogP contribution in [-0.4, -0.2) is 41.8 Å². The molecule has 1 aliphatic rings. The molecule has 1 unspecified atom stereocenters. The van der Waals surface area contributed by atoms with Gasteiger partial charge in [0, 0.05) is 24.0 Å². The van der Waals surface area contributed by atoms with E-state index in [0.29, 0.717) is 34.3 Å². The van der Waals surface area contributed by atoms with Gasteiger partial charge in [0.15, 0.2) is 0 Å². The van der Waals surface area contributed by atoms with Crippen molar-refractivity contribution in [2.75, 3.05) is 18.0 Å². The molecular formula is C27H27Cl2N3O3. The molecule has 0 aromatic heterocycles. The molecule has 8 heteroatoms. The zero-order valence-electron chi connectivity index (χ0n) is 19.7. The summed E-state index contributed by atoms with van der Waals surface area (Å²) in [6, 6.07) is 15.7. The van der Waals surface area contributed by atoms with Crippen LogP contribution in [0.4, 0.5) is 5.69 Å². The Kier molecular flexibility index (Phi) is 7.63. The molecule has 1 aliphatic heterocycles. The molecule has 1 heterocycles. The van der Waals surface area contributed by atoms with Crippen LogP contribution < -0.4 is 10.2 Å². The van der Waals surface area contributed by atoms with Gasteiger partial charge in [0.1, 0.15) is 12.6 Å². The van der Waals surface area contributed by atoms with Crippen LogP contribution in [0.3, 0.4) is 0 Å². The minimum absolute atomic E-state index is 0.160. The molecule has 0 spiro atoms. The predicted molar refractivity (Wildman–Crippen MR) is 140 cm³/mol. The Labute approximate surface area is 214 Å². The highest BCUT2D eigenvalue weighted by Crippen LogP contribution is 2.37. The first-order valence-electron chi connectivity index (χ1n) is 11.7. The Morgan fingerprint density at radius 1 is 1.03 bits per heavy atom. The van der Waals surface area contributed by atoms with E-state index in [-0.39, 0.29) is 30.8 Å². The van der Waals surface area contributed by atoms with Gasteiger partial charge in [-0.15, -0.1) is 0 Å². The first-order valence-corrected chi connectivity index (χ1v) is 12.5. The fraction of sp³-hybridized carbons (Fsp3) is 0.296. The minimum Gasteiger partial charge on any atom is -0.354 e. The van der Waals surface area contributed by atoms with Crippen molar-refractivity contribution in [3.8, 4) is 0 Å². The van der Waals surface area contributed by atoms with Crippen LogP contribution in [0.15, 0.2) is 54.6 Å². The lowest BCUT2D eigenvalue weighted by Crippen LogP contribution is -2.52. The number of carbonyl (C=O) groups is 3. The van der Waals surface area contributed by atoms with E-state index in [1.54, 1.807) is 24.3 Å². The Bertz CT molecular complexity index is 1290. The molecule has 3 amide bonds. The van der Waals surface area contributed by atoms with Crippen molar-refractivity contribution in [1.82, 2.24) is 10.2 Å². The zero-order chi connectivity index (χ0) is 25.1. The predicted octanol–water partition coefficient (Wildman–Crippen LogP) is 5.44. The number of nitrogens with zero attached hydrogens (tertiary/aromatic N) is 2. The van der Waals surface area contributed by atoms with Gasteiger partial charge in [0.05, 0.1) is 15.7 Å². The number of hydrogen-bond acceptors (Lipinski definition) is 3. The van der Waals surface area contributed by atoms with Crippen LogP contribution in [0.25, 0.3) is 10.8 Å². The maximum absolute atomic E-state index is 13.7. The lowest BCUT2D eigenvalue weighted by molar-refractivity contribution is -0.140. The molecule has 0 bridgehead atoms. The Balaban J connectivity index is 1.65. The number of halogens is 2. The summed E-state index contributed by atoms with van der Waals surface area (Å²) in [5.74, 6) is -0.767. The van der Waals surface area contributed by atoms with Crippen molar-refractivity contribution in [2.45, 2.75) is 39.3 Å². The number of anilines is 1. The standard InChI is InChI=1S/C27H27Cl2N3O3/c1-3-13-30-26(34)22(4-2)31(15-17-11-12-20(28)21(29)14-17)24(33)16-32-23-10-6-8-18-7-5-9-19(25(18)23)27(32)35/h5-12,14,22H,3-4,13,15-16H2,1-2H3,(H,30,34). The largest absolute Gasteiger partial charge is 0.354 e. The van der Waals surface area contributed by atoms with E-state index in [4.69, 9.17) is 23.2 Å². The first kappa shape index (κ1) is 25.0. The van der Waals surface area contributed by atoms with Crippen molar-refractivity contribution in [2.24, 2.45) is 0 Å². The van der Waals surface area contributed by atoms with E-state index < -0.39 is 6.04 Å². The quantitative estimate of drug-likeness (QED) is 0.415. The number of amides is 3. The number of nitrogens with one attached hydrogen (secondary N) is 1. The highest BCUT2D eigenvalue weighted by atomic mass is 35.5. The monoisotopic (exact) mass is 511 g/mol. The van der Waals surface area contributed by atoms with Crippen LogP contribution in [0.1, 0.15) is 42.6 Å². The van der Waals surface area contributed by atoms with Crippen molar-refractivity contribution in [3.05, 3.63) is 75.8 Å². The SMILES string of the molecule is CCCNC(=O)C(CC)N(Cc1ccc(Cl)c(Cl)c1)C(=O)CN1C(=O)c2cccc3cccc1c23. The summed E-state index contributed by atoms with van der Waals surface area (Å²) in [5.41, 5.74) is 2.02. The van der Waals surface area contributed by atoms with Crippen LogP contribution in [-0.2, 0) is 16.1 Å². The molecule has 0 saturated heterocycles. The molecular weight excluding hydrogens is 485 g/mol. The average Bonchev–Trinajstić information content (AvgIpc) is 3.12. The van der Waals surface area contributed by atoms with Gasteiger partial charge < -0.3 is 10.2 Å². The maximum atomic E-state index is 13.7. The van der Waals surface area contributed by atoms with E-state index in [2.05, 4.69) is 5.32 Å². The number of benzene rings is 3. The van der Waals surface area contributed by atoms with Gasteiger partial charge in [-0.3, -0.25) is 19.3 Å². The average molecular weight is 512 g/mol. The van der Waals surface area contributed by atoms with Crippen molar-refractivity contribution < 1.29 is 14.4 Å². The summed E-state index contributed by atoms with van der Waals surface area (Å²) in [6.45, 7) is 4.34. The molecule has 0 radical (unpaired) electrons. The Hall–Kier alpha value is -3.09. The third-order valence-electron chi connectivity index (χ3n) is 6.21. The van der Waals surface area contributed by atoms with Crippen LogP contribution in [0.2, 0.25) is 10.0 Å². The summed E-state index contributed by atoms with van der Waals surface area (Å²) >= 11 is 12.3. The third kappa shape index (κ3) is 5.00. The second-order valence-corrected chi connectivity index (χ2v) is 9.37. The fourth-order valence-electron chi connectivity index (χ4n) is 4.48. The van der Waals surface area contributed by atoms with E-state index >= 15 is 0 Å². The van der Waals surface area contributed by atoms with Gasteiger partial charge in [-0.25, -0.2) is 0 Å². The van der Waals surface area contributed by atoms with Gasteiger partial charge in [0.2, 0.25) is 11.8 Å². The van der Waals surface area contributed by atoms with E-state index in [0.717, 1.165) is 22.8 Å². The van der Waals surface area contributed by atoms with Crippen LogP contribution in [0, 0.1) is 0 Å². The highest BCUT2D eigenvalue weighted by molar-refractivity contribution is 6.42. The van der Waals surface area contributed by atoms with E-state index in [1.165, 1.54) is 9.80 Å². The second kappa shape index (κ2) is 10.7. The van der Waals surface area contributed by atoms with Gasteiger partial charge in [-0.1, -0.05) is 67.4 Å². The first-order chi connectivity index (χ1) is 16.8. The Morgan fingerprint density at radius 2 is 1.77 bits per heavy atom. The summed E-state index contributed by atoms with van der Waals surface area (Å²) in [6.07, 6.45) is 1.21. The van der Waals surface area contributed by atoms with E-state index in [9.17, 15) is 14.4 Å². The van der Waals surface area contributed by atoms with E-state index in [1.807, 2.05) is 44.2 Å². The molecule has 1 N–H and O–H groups in total. The smallest absolute Gasteiger partial charge is 0.259 e. The van der Waals surface area contributed by atoms with Gasteiger partial charge in [-0.2, -0.15) is 0 Å². The molecule has 3 aromatic rings. The lowest BCUT2D eigenvalue weighted by atomic mass is 10.1. The van der Waals surface area contributed by atoms with Crippen molar-refractivity contribution >= 4 is 57.4 Å².